The van der Waals surface area contributed by atoms with Crippen molar-refractivity contribution in [3.8, 4) is 0 Å². The number of fused-ring (bicyclic) bond motifs is 2. The molecule has 0 spiro atoms. The molecule has 0 aromatic rings. The van der Waals surface area contributed by atoms with Gasteiger partial charge in [0.15, 0.2) is 0 Å². The molecule has 52 valence electrons. The SMILES string of the molecule is C1CC2CNCC(C1)C2. The van der Waals surface area contributed by atoms with Gasteiger partial charge in [0, 0.05) is 0 Å². The first-order valence-corrected chi connectivity index (χ1v) is 4.16. The van der Waals surface area contributed by atoms with E-state index < -0.39 is 0 Å². The van der Waals surface area contributed by atoms with Gasteiger partial charge in [-0.3, -0.25) is 0 Å². The maximum absolute atomic E-state index is 3.49. The maximum atomic E-state index is 3.49. The highest BCUT2D eigenvalue weighted by Gasteiger charge is 2.24. The molecule has 9 heavy (non-hydrogen) atoms. The second kappa shape index (κ2) is 2.30. The Kier molecular flexibility index (Phi) is 1.46. The smallest absolute Gasteiger partial charge is 0.00203 e. The number of nitrogens with one attached hydrogen (secondary N) is 1. The molecule has 2 aliphatic rings. The summed E-state index contributed by atoms with van der Waals surface area (Å²) in [5, 5.41) is 3.49. The second-order valence-corrected chi connectivity index (χ2v) is 3.56. The van der Waals surface area contributed by atoms with Gasteiger partial charge >= 0.3 is 0 Å². The molecule has 1 N–H and O–H groups in total. The van der Waals surface area contributed by atoms with E-state index in [1.165, 1.54) is 38.8 Å². The van der Waals surface area contributed by atoms with Crippen molar-refractivity contribution in [1.82, 2.24) is 5.32 Å². The summed E-state index contributed by atoms with van der Waals surface area (Å²) in [6, 6.07) is 0. The van der Waals surface area contributed by atoms with Crippen LogP contribution in [0.1, 0.15) is 25.7 Å². The monoisotopic (exact) mass is 125 g/mol. The molecule has 1 saturated carbocycles. The Labute approximate surface area is 56.8 Å². The largest absolute Gasteiger partial charge is 0.316 e. The van der Waals surface area contributed by atoms with Gasteiger partial charge < -0.3 is 5.32 Å². The second-order valence-electron chi connectivity index (χ2n) is 3.56. The van der Waals surface area contributed by atoms with Crippen molar-refractivity contribution in [2.24, 2.45) is 11.8 Å². The molecule has 1 aliphatic carbocycles. The van der Waals surface area contributed by atoms with E-state index in [0.717, 1.165) is 11.8 Å². The molecule has 1 heteroatoms. The van der Waals surface area contributed by atoms with Gasteiger partial charge in [-0.05, 0) is 44.2 Å². The molecule has 2 rings (SSSR count). The summed E-state index contributed by atoms with van der Waals surface area (Å²) >= 11 is 0. The molecule has 1 nitrogen and oxygen atoms in total. The van der Waals surface area contributed by atoms with Crippen molar-refractivity contribution in [2.45, 2.75) is 25.7 Å². The Hall–Kier alpha value is -0.0400. The predicted molar refractivity (Wildman–Crippen MR) is 38.3 cm³/mol. The minimum Gasteiger partial charge on any atom is -0.316 e. The van der Waals surface area contributed by atoms with Gasteiger partial charge in [0.05, 0.1) is 0 Å². The van der Waals surface area contributed by atoms with Crippen molar-refractivity contribution in [3.63, 3.8) is 0 Å². The number of piperidine rings is 1. The number of rotatable bonds is 0. The average molecular weight is 125 g/mol. The van der Waals surface area contributed by atoms with Crippen LogP contribution in [0.25, 0.3) is 0 Å². The van der Waals surface area contributed by atoms with Crippen molar-refractivity contribution >= 4 is 0 Å². The van der Waals surface area contributed by atoms with Gasteiger partial charge in [0.25, 0.3) is 0 Å². The maximum Gasteiger partial charge on any atom is -0.00203 e. The van der Waals surface area contributed by atoms with Crippen LogP contribution in [0.4, 0.5) is 0 Å². The van der Waals surface area contributed by atoms with Crippen LogP contribution in [0, 0.1) is 11.8 Å². The van der Waals surface area contributed by atoms with Crippen LogP contribution in [0.15, 0.2) is 0 Å². The van der Waals surface area contributed by atoms with Gasteiger partial charge in [0.1, 0.15) is 0 Å². The molecule has 2 atom stereocenters. The molecule has 1 saturated heterocycles. The molecule has 0 amide bonds. The molecular weight excluding hydrogens is 110 g/mol. The highest BCUT2D eigenvalue weighted by molar-refractivity contribution is 4.80. The van der Waals surface area contributed by atoms with Crippen LogP contribution in [0.2, 0.25) is 0 Å². The number of hydrogen-bond donors (Lipinski definition) is 1. The summed E-state index contributed by atoms with van der Waals surface area (Å²) in [6.45, 7) is 2.60. The van der Waals surface area contributed by atoms with Crippen molar-refractivity contribution in [1.29, 1.82) is 0 Å². The first-order valence-electron chi connectivity index (χ1n) is 4.16. The van der Waals surface area contributed by atoms with E-state index in [1.807, 2.05) is 0 Å². The fraction of sp³-hybridized carbons (Fsp3) is 1.00. The van der Waals surface area contributed by atoms with Gasteiger partial charge in [-0.2, -0.15) is 0 Å². The zero-order valence-electron chi connectivity index (χ0n) is 5.90. The van der Waals surface area contributed by atoms with Crippen LogP contribution in [-0.4, -0.2) is 13.1 Å². The summed E-state index contributed by atoms with van der Waals surface area (Å²) in [7, 11) is 0. The summed E-state index contributed by atoms with van der Waals surface area (Å²) < 4.78 is 0. The third kappa shape index (κ3) is 1.11. The highest BCUT2D eigenvalue weighted by Crippen LogP contribution is 2.30. The van der Waals surface area contributed by atoms with E-state index in [2.05, 4.69) is 5.32 Å². The molecule has 0 radical (unpaired) electrons. The van der Waals surface area contributed by atoms with E-state index in [9.17, 15) is 0 Å². The fourth-order valence-electron chi connectivity index (χ4n) is 2.26. The Balaban J connectivity index is 1.96. The summed E-state index contributed by atoms with van der Waals surface area (Å²) in [5.41, 5.74) is 0. The highest BCUT2D eigenvalue weighted by atomic mass is 14.9. The summed E-state index contributed by atoms with van der Waals surface area (Å²) in [4.78, 5) is 0. The molecule has 2 unspecified atom stereocenters. The quantitative estimate of drug-likeness (QED) is 0.516. The van der Waals surface area contributed by atoms with Gasteiger partial charge in [-0.25, -0.2) is 0 Å². The van der Waals surface area contributed by atoms with E-state index >= 15 is 0 Å². The lowest BCUT2D eigenvalue weighted by Crippen LogP contribution is -2.38. The summed E-state index contributed by atoms with van der Waals surface area (Å²) in [6.07, 6.45) is 6.00. The van der Waals surface area contributed by atoms with Crippen molar-refractivity contribution in [2.75, 3.05) is 13.1 Å². The van der Waals surface area contributed by atoms with Crippen LogP contribution in [-0.2, 0) is 0 Å². The molecular formula is C8H15N. The third-order valence-electron chi connectivity index (χ3n) is 2.76. The first kappa shape index (κ1) is 5.72. The lowest BCUT2D eigenvalue weighted by Gasteiger charge is -2.34. The molecule has 1 heterocycles. The minimum absolute atomic E-state index is 1.04. The lowest BCUT2D eigenvalue weighted by atomic mass is 9.79. The first-order chi connectivity index (χ1) is 4.45. The normalized spacial score (nSPS) is 42.7. The Morgan fingerprint density at radius 1 is 1.00 bits per heavy atom. The Morgan fingerprint density at radius 3 is 2.22 bits per heavy atom. The van der Waals surface area contributed by atoms with E-state index in [1.54, 1.807) is 0 Å². The standard InChI is InChI=1S/C8H15N/c1-2-7-4-8(3-1)6-9-5-7/h7-9H,1-6H2. The van der Waals surface area contributed by atoms with Crippen LogP contribution < -0.4 is 5.32 Å². The Morgan fingerprint density at radius 2 is 1.67 bits per heavy atom. The van der Waals surface area contributed by atoms with E-state index in [4.69, 9.17) is 0 Å². The van der Waals surface area contributed by atoms with Gasteiger partial charge in [0.2, 0.25) is 0 Å². The predicted octanol–water partition coefficient (Wildman–Crippen LogP) is 1.40. The van der Waals surface area contributed by atoms with Crippen LogP contribution in [0.3, 0.4) is 0 Å². The summed E-state index contributed by atoms with van der Waals surface area (Å²) in [5.74, 6) is 2.08. The number of hydrogen-bond acceptors (Lipinski definition) is 1. The zero-order chi connectivity index (χ0) is 6.10. The van der Waals surface area contributed by atoms with Crippen LogP contribution >= 0.6 is 0 Å². The van der Waals surface area contributed by atoms with Crippen molar-refractivity contribution in [3.05, 3.63) is 0 Å². The molecule has 0 aromatic carbocycles. The molecule has 2 fully saturated rings. The Bertz CT molecular complexity index is 80.7. The molecule has 1 aliphatic heterocycles. The third-order valence-corrected chi connectivity index (χ3v) is 2.76. The zero-order valence-corrected chi connectivity index (χ0v) is 5.90. The van der Waals surface area contributed by atoms with E-state index in [0.29, 0.717) is 0 Å². The molecule has 2 bridgehead atoms. The van der Waals surface area contributed by atoms with E-state index in [-0.39, 0.29) is 0 Å². The van der Waals surface area contributed by atoms with Crippen molar-refractivity contribution < 1.29 is 0 Å². The fourth-order valence-corrected chi connectivity index (χ4v) is 2.26. The minimum atomic E-state index is 1.04. The van der Waals surface area contributed by atoms with Gasteiger partial charge in [-0.15, -0.1) is 0 Å². The van der Waals surface area contributed by atoms with Crippen LogP contribution in [0.5, 0.6) is 0 Å². The topological polar surface area (TPSA) is 12.0 Å². The lowest BCUT2D eigenvalue weighted by molar-refractivity contribution is 0.208. The average Bonchev–Trinajstić information content (AvgIpc) is 1.88. The molecule has 0 aromatic heterocycles. The van der Waals surface area contributed by atoms with Gasteiger partial charge in [-0.1, -0.05) is 6.42 Å².